The van der Waals surface area contributed by atoms with Crippen LogP contribution in [0.3, 0.4) is 0 Å². The van der Waals surface area contributed by atoms with Crippen LogP contribution in [0.4, 0.5) is 0 Å². The summed E-state index contributed by atoms with van der Waals surface area (Å²) in [5.74, 6) is -0.667. The molecule has 0 unspecified atom stereocenters. The van der Waals surface area contributed by atoms with Crippen LogP contribution in [0.25, 0.3) is 0 Å². The highest BCUT2D eigenvalue weighted by molar-refractivity contribution is 6.74. The Morgan fingerprint density at radius 1 is 1.14 bits per heavy atom. The molecule has 0 aliphatic carbocycles. The average Bonchev–Trinajstić information content (AvgIpc) is 2.51. The molecule has 4 atom stereocenters. The van der Waals surface area contributed by atoms with Gasteiger partial charge in [0.25, 0.3) is 0 Å². The average molecular weight is 338 g/mol. The summed E-state index contributed by atoms with van der Waals surface area (Å²) in [6, 6.07) is 0. The van der Waals surface area contributed by atoms with E-state index in [2.05, 4.69) is 33.9 Å². The summed E-state index contributed by atoms with van der Waals surface area (Å²) < 4.78 is 49.2. The minimum Gasteiger partial charge on any atom is -0.455 e. The topological polar surface area (TPSA) is 63.2 Å². The summed E-state index contributed by atoms with van der Waals surface area (Å²) >= 11 is 0. The third kappa shape index (κ3) is 4.08. The van der Waals surface area contributed by atoms with Crippen LogP contribution < -0.4 is 0 Å². The Morgan fingerprint density at radius 3 is 2.27 bits per heavy atom. The molecule has 0 aromatic heterocycles. The molecule has 0 radical (unpaired) electrons. The number of carbonyl (C=O) groups is 1. The van der Waals surface area contributed by atoms with E-state index in [1.165, 1.54) is 0 Å². The smallest absolute Gasteiger partial charge is 0.338 e. The van der Waals surface area contributed by atoms with Crippen molar-refractivity contribution in [1.29, 1.82) is 0 Å². The molecular formula is C15H30O6Si. The molecule has 6 nitrogen and oxygen atoms in total. The van der Waals surface area contributed by atoms with Crippen LogP contribution in [0.2, 0.25) is 18.1 Å². The number of esters is 1. The Balaban J connectivity index is 2.95. The van der Waals surface area contributed by atoms with E-state index >= 15 is 0 Å². The van der Waals surface area contributed by atoms with Crippen molar-refractivity contribution >= 4 is 14.3 Å². The SMILES string of the molecule is [2H]CO[C@H]1[C@H](OC[2H])[C@@H](OC[2H])C(=O)O[C@@H]1CO[Si](C)(C)C(C)(C)C. The molecule has 1 fully saturated rings. The molecule has 0 N–H and O–H groups in total. The molecule has 1 rings (SSSR count). The lowest BCUT2D eigenvalue weighted by atomic mass is 9.99. The third-order valence-corrected chi connectivity index (χ3v) is 8.97. The van der Waals surface area contributed by atoms with Gasteiger partial charge in [-0.2, -0.15) is 0 Å². The monoisotopic (exact) mass is 337 g/mol. The lowest BCUT2D eigenvalue weighted by Crippen LogP contribution is -2.59. The zero-order chi connectivity index (χ0) is 19.3. The van der Waals surface area contributed by atoms with Gasteiger partial charge < -0.3 is 23.4 Å². The summed E-state index contributed by atoms with van der Waals surface area (Å²) in [4.78, 5) is 12.2. The molecule has 0 amide bonds. The van der Waals surface area contributed by atoms with Crippen molar-refractivity contribution in [1.82, 2.24) is 0 Å². The maximum atomic E-state index is 12.2. The van der Waals surface area contributed by atoms with E-state index in [4.69, 9.17) is 27.5 Å². The number of hydrogen-bond acceptors (Lipinski definition) is 6. The maximum absolute atomic E-state index is 12.2. The van der Waals surface area contributed by atoms with Gasteiger partial charge in [0.05, 0.1) is 10.7 Å². The summed E-state index contributed by atoms with van der Waals surface area (Å²) in [5, 5.41) is -0.00853. The molecule has 1 heterocycles. The van der Waals surface area contributed by atoms with Gasteiger partial charge in [0.1, 0.15) is 12.2 Å². The van der Waals surface area contributed by atoms with Gasteiger partial charge in [-0.15, -0.1) is 0 Å². The van der Waals surface area contributed by atoms with Crippen molar-refractivity contribution in [2.45, 2.75) is 63.3 Å². The number of cyclic esters (lactones) is 1. The van der Waals surface area contributed by atoms with Crippen LogP contribution in [-0.2, 0) is 28.2 Å². The van der Waals surface area contributed by atoms with Crippen LogP contribution in [0, 0.1) is 0 Å². The summed E-state index contributed by atoms with van der Waals surface area (Å²) in [6.07, 6.45) is -3.61. The van der Waals surface area contributed by atoms with Gasteiger partial charge in [-0.05, 0) is 18.1 Å². The highest BCUT2D eigenvalue weighted by Gasteiger charge is 2.48. The zero-order valence-corrected chi connectivity index (χ0v) is 15.1. The summed E-state index contributed by atoms with van der Waals surface area (Å²) in [6.45, 7) is 10.6. The molecule has 7 heteroatoms. The van der Waals surface area contributed by atoms with Gasteiger partial charge >= 0.3 is 5.97 Å². The molecule has 130 valence electrons. The second kappa shape index (κ2) is 7.40. The number of rotatable bonds is 6. The van der Waals surface area contributed by atoms with Crippen molar-refractivity contribution in [2.24, 2.45) is 0 Å². The number of ether oxygens (including phenoxy) is 4. The first kappa shape index (κ1) is 15.1. The molecule has 0 aromatic rings. The van der Waals surface area contributed by atoms with Crippen molar-refractivity contribution in [2.75, 3.05) is 27.9 Å². The molecule has 22 heavy (non-hydrogen) atoms. The second-order valence-electron chi connectivity index (χ2n) is 6.90. The van der Waals surface area contributed by atoms with E-state index in [0.717, 1.165) is 0 Å². The Labute approximate surface area is 138 Å². The quantitative estimate of drug-likeness (QED) is 0.545. The normalized spacial score (nSPS) is 32.0. The van der Waals surface area contributed by atoms with Gasteiger partial charge in [0, 0.05) is 21.3 Å². The highest BCUT2D eigenvalue weighted by Crippen LogP contribution is 2.37. The van der Waals surface area contributed by atoms with Crippen LogP contribution in [0.5, 0.6) is 0 Å². The van der Waals surface area contributed by atoms with Crippen LogP contribution >= 0.6 is 0 Å². The third-order valence-electron chi connectivity index (χ3n) is 4.47. The van der Waals surface area contributed by atoms with E-state index in [1.54, 1.807) is 0 Å². The van der Waals surface area contributed by atoms with Crippen LogP contribution in [0.1, 0.15) is 24.9 Å². The van der Waals surface area contributed by atoms with Gasteiger partial charge in [-0.25, -0.2) is 4.79 Å². The van der Waals surface area contributed by atoms with Crippen LogP contribution in [-0.4, -0.2) is 66.6 Å². The molecule has 0 saturated carbocycles. The molecule has 0 aromatic carbocycles. The molecule has 1 aliphatic heterocycles. The highest BCUT2D eigenvalue weighted by atomic mass is 28.4. The van der Waals surface area contributed by atoms with E-state index in [1.807, 2.05) is 0 Å². The summed E-state index contributed by atoms with van der Waals surface area (Å²) in [7, 11) is -3.27. The zero-order valence-electron chi connectivity index (χ0n) is 17.1. The molecule has 0 bridgehead atoms. The number of methoxy groups -OCH3 is 3. The van der Waals surface area contributed by atoms with Crippen molar-refractivity contribution < 1.29 is 32.3 Å². The van der Waals surface area contributed by atoms with E-state index < -0.39 is 52.9 Å². The fraction of sp³-hybridized carbons (Fsp3) is 0.933. The van der Waals surface area contributed by atoms with E-state index in [0.29, 0.717) is 0 Å². The maximum Gasteiger partial charge on any atom is 0.338 e. The van der Waals surface area contributed by atoms with Gasteiger partial charge in [-0.1, -0.05) is 20.8 Å². The van der Waals surface area contributed by atoms with E-state index in [-0.39, 0.29) is 18.7 Å². The van der Waals surface area contributed by atoms with Crippen molar-refractivity contribution in [3.05, 3.63) is 0 Å². The minimum atomic E-state index is -2.07. The van der Waals surface area contributed by atoms with Crippen LogP contribution in [0.15, 0.2) is 0 Å². The standard InChI is InChI=1S/C15H30O6Si/c1-15(2,3)22(7,8)20-9-10-11(17-4)12(18-5)13(19-6)14(16)21-10/h10-13H,9H2,1-8H3/t10-,11-,12+,13-/m1/s1/i4D,5D,6D. The van der Waals surface area contributed by atoms with Gasteiger partial charge in [0.2, 0.25) is 0 Å². The largest absolute Gasteiger partial charge is 0.455 e. The Morgan fingerprint density at radius 2 is 1.73 bits per heavy atom. The Bertz CT molecular complexity index is 432. The molecule has 0 spiro atoms. The van der Waals surface area contributed by atoms with Crippen molar-refractivity contribution in [3.8, 4) is 0 Å². The first-order valence-corrected chi connectivity index (χ1v) is 10.1. The fourth-order valence-electron chi connectivity index (χ4n) is 1.98. The first-order valence-electron chi connectivity index (χ1n) is 9.28. The number of carbonyl (C=O) groups excluding carboxylic acids is 1. The predicted molar refractivity (Wildman–Crippen MR) is 85.4 cm³/mol. The molecule has 1 aliphatic rings. The van der Waals surface area contributed by atoms with E-state index in [9.17, 15) is 4.79 Å². The Hall–Kier alpha value is -0.473. The van der Waals surface area contributed by atoms with Gasteiger partial charge in [-0.3, -0.25) is 0 Å². The second-order valence-corrected chi connectivity index (χ2v) is 11.7. The minimum absolute atomic E-state index is 0.00853. The number of hydrogen-bond donors (Lipinski definition) is 0. The fourth-order valence-corrected chi connectivity index (χ4v) is 3.00. The lowest BCUT2D eigenvalue weighted by Gasteiger charge is -2.42. The molecule has 1 saturated heterocycles. The first-order chi connectivity index (χ1) is 11.6. The molecular weight excluding hydrogens is 304 g/mol. The summed E-state index contributed by atoms with van der Waals surface area (Å²) in [5.41, 5.74) is 0. The Kier molecular flexibility index (Phi) is 5.07. The van der Waals surface area contributed by atoms with Gasteiger partial charge in [0.15, 0.2) is 20.5 Å². The lowest BCUT2D eigenvalue weighted by molar-refractivity contribution is -0.218. The van der Waals surface area contributed by atoms with Crippen molar-refractivity contribution in [3.63, 3.8) is 0 Å². The predicted octanol–water partition coefficient (Wildman–Crippen LogP) is 1.98.